The van der Waals surface area contributed by atoms with Crippen molar-refractivity contribution in [2.75, 3.05) is 18.2 Å². The fraction of sp³-hybridized carbons (Fsp3) is 0.222. The molecule has 70 valence electrons. The number of amides is 2. The molecular weight excluding hydrogens is 184 g/mol. The molecule has 0 fully saturated rings. The van der Waals surface area contributed by atoms with E-state index < -0.39 is 6.03 Å². The Balaban J connectivity index is 2.85. The summed E-state index contributed by atoms with van der Waals surface area (Å²) in [5.41, 5.74) is 5.93. The first kappa shape index (κ1) is 9.92. The van der Waals surface area contributed by atoms with E-state index in [1.54, 1.807) is 18.8 Å². The number of thioether (sulfide) groups is 1. The lowest BCUT2D eigenvalue weighted by Gasteiger charge is -2.13. The summed E-state index contributed by atoms with van der Waals surface area (Å²) in [6, 6.07) is 7.21. The van der Waals surface area contributed by atoms with Crippen LogP contribution in [0.2, 0.25) is 0 Å². The maximum Gasteiger partial charge on any atom is 0.318 e. The van der Waals surface area contributed by atoms with Gasteiger partial charge in [0, 0.05) is 17.6 Å². The van der Waals surface area contributed by atoms with Crippen molar-refractivity contribution in [3.63, 3.8) is 0 Å². The van der Waals surface area contributed by atoms with E-state index in [1.165, 1.54) is 9.80 Å². The molecule has 1 aromatic carbocycles. The molecule has 3 nitrogen and oxygen atoms in total. The third kappa shape index (κ3) is 2.39. The van der Waals surface area contributed by atoms with Crippen LogP contribution in [0.5, 0.6) is 0 Å². The number of rotatable bonds is 2. The average Bonchev–Trinajstić information content (AvgIpc) is 2.17. The van der Waals surface area contributed by atoms with E-state index in [9.17, 15) is 4.79 Å². The van der Waals surface area contributed by atoms with Gasteiger partial charge in [0.15, 0.2) is 0 Å². The number of carbonyl (C=O) groups excluding carboxylic acids is 1. The van der Waals surface area contributed by atoms with Crippen LogP contribution in [0, 0.1) is 0 Å². The van der Waals surface area contributed by atoms with Crippen molar-refractivity contribution in [1.29, 1.82) is 0 Å². The molecule has 0 heterocycles. The monoisotopic (exact) mass is 196 g/mol. The van der Waals surface area contributed by atoms with Gasteiger partial charge in [0.05, 0.1) is 0 Å². The molecule has 0 unspecified atom stereocenters. The van der Waals surface area contributed by atoms with Gasteiger partial charge in [-0.3, -0.25) is 4.90 Å². The van der Waals surface area contributed by atoms with E-state index in [0.717, 1.165) is 5.69 Å². The number of primary amides is 1. The predicted octanol–water partition coefficient (Wildman–Crippen LogP) is 1.92. The van der Waals surface area contributed by atoms with Crippen molar-refractivity contribution >= 4 is 23.5 Å². The first-order valence-corrected chi connectivity index (χ1v) is 5.05. The highest BCUT2D eigenvalue weighted by Crippen LogP contribution is 2.19. The van der Waals surface area contributed by atoms with Gasteiger partial charge in [0.25, 0.3) is 0 Å². The van der Waals surface area contributed by atoms with Crippen LogP contribution in [-0.4, -0.2) is 19.3 Å². The van der Waals surface area contributed by atoms with Crippen LogP contribution < -0.4 is 10.6 Å². The zero-order valence-electron chi connectivity index (χ0n) is 7.65. The van der Waals surface area contributed by atoms with E-state index in [1.807, 2.05) is 30.5 Å². The van der Waals surface area contributed by atoms with Crippen LogP contribution in [0.1, 0.15) is 0 Å². The number of benzene rings is 1. The molecule has 0 atom stereocenters. The average molecular weight is 196 g/mol. The number of nitrogens with two attached hydrogens (primary N) is 1. The van der Waals surface area contributed by atoms with Crippen molar-refractivity contribution in [2.45, 2.75) is 4.90 Å². The third-order valence-electron chi connectivity index (χ3n) is 1.79. The van der Waals surface area contributed by atoms with E-state index in [2.05, 4.69) is 0 Å². The maximum atomic E-state index is 10.8. The summed E-state index contributed by atoms with van der Waals surface area (Å²) in [7, 11) is 1.65. The lowest BCUT2D eigenvalue weighted by molar-refractivity contribution is 0.255. The van der Waals surface area contributed by atoms with Crippen molar-refractivity contribution < 1.29 is 4.79 Å². The Morgan fingerprint density at radius 2 is 1.92 bits per heavy atom. The minimum absolute atomic E-state index is 0.447. The number of anilines is 1. The number of urea groups is 1. The first-order valence-electron chi connectivity index (χ1n) is 3.82. The van der Waals surface area contributed by atoms with E-state index >= 15 is 0 Å². The molecule has 0 aliphatic rings. The molecule has 1 rings (SSSR count). The van der Waals surface area contributed by atoms with Crippen LogP contribution in [0.3, 0.4) is 0 Å². The highest BCUT2D eigenvalue weighted by molar-refractivity contribution is 7.98. The fourth-order valence-electron chi connectivity index (χ4n) is 0.933. The second-order valence-corrected chi connectivity index (χ2v) is 3.47. The molecule has 0 radical (unpaired) electrons. The molecule has 0 aromatic heterocycles. The number of carbonyl (C=O) groups is 1. The Morgan fingerprint density at radius 1 is 1.38 bits per heavy atom. The molecule has 0 saturated heterocycles. The second-order valence-electron chi connectivity index (χ2n) is 2.60. The normalized spacial score (nSPS) is 9.69. The first-order chi connectivity index (χ1) is 6.15. The maximum absolute atomic E-state index is 10.8. The summed E-state index contributed by atoms with van der Waals surface area (Å²) in [5, 5.41) is 0. The predicted molar refractivity (Wildman–Crippen MR) is 56.2 cm³/mol. The van der Waals surface area contributed by atoms with Crippen LogP contribution >= 0.6 is 11.8 Å². The fourth-order valence-corrected chi connectivity index (χ4v) is 1.34. The van der Waals surface area contributed by atoms with Crippen LogP contribution in [0.4, 0.5) is 10.5 Å². The minimum atomic E-state index is -0.447. The second kappa shape index (κ2) is 4.18. The molecule has 0 spiro atoms. The van der Waals surface area contributed by atoms with Crippen LogP contribution in [0.25, 0.3) is 0 Å². The van der Waals surface area contributed by atoms with Gasteiger partial charge in [-0.1, -0.05) is 0 Å². The van der Waals surface area contributed by atoms with Crippen LogP contribution in [0.15, 0.2) is 29.2 Å². The highest BCUT2D eigenvalue weighted by atomic mass is 32.2. The molecule has 0 bridgehead atoms. The molecule has 2 N–H and O–H groups in total. The van der Waals surface area contributed by atoms with Crippen molar-refractivity contribution in [3.05, 3.63) is 24.3 Å². The summed E-state index contributed by atoms with van der Waals surface area (Å²) >= 11 is 1.66. The van der Waals surface area contributed by atoms with Gasteiger partial charge in [0.1, 0.15) is 0 Å². The summed E-state index contributed by atoms with van der Waals surface area (Å²) in [6.07, 6.45) is 2.01. The number of hydrogen-bond acceptors (Lipinski definition) is 2. The largest absolute Gasteiger partial charge is 0.351 e. The summed E-state index contributed by atoms with van der Waals surface area (Å²) < 4.78 is 0. The Kier molecular flexibility index (Phi) is 3.19. The van der Waals surface area contributed by atoms with E-state index in [0.29, 0.717) is 0 Å². The quantitative estimate of drug-likeness (QED) is 0.734. The smallest absolute Gasteiger partial charge is 0.318 e. The number of hydrogen-bond donors (Lipinski definition) is 1. The Hall–Kier alpha value is -1.16. The molecule has 13 heavy (non-hydrogen) atoms. The summed E-state index contributed by atoms with van der Waals surface area (Å²) in [4.78, 5) is 13.4. The van der Waals surface area contributed by atoms with Gasteiger partial charge in [-0.25, -0.2) is 4.79 Å². The highest BCUT2D eigenvalue weighted by Gasteiger charge is 2.04. The lowest BCUT2D eigenvalue weighted by Crippen LogP contribution is -2.31. The van der Waals surface area contributed by atoms with Gasteiger partial charge < -0.3 is 5.73 Å². The third-order valence-corrected chi connectivity index (χ3v) is 2.53. The molecule has 4 heteroatoms. The lowest BCUT2D eigenvalue weighted by atomic mass is 10.3. The topological polar surface area (TPSA) is 46.3 Å². The minimum Gasteiger partial charge on any atom is -0.351 e. The Bertz CT molecular complexity index is 297. The van der Waals surface area contributed by atoms with Gasteiger partial charge >= 0.3 is 6.03 Å². The summed E-state index contributed by atoms with van der Waals surface area (Å²) in [5.74, 6) is 0. The standard InChI is InChI=1S/C9H12N2OS/c1-11(9(10)12)7-3-5-8(13-2)6-4-7/h3-6H,1-2H3,(H2,10,12). The van der Waals surface area contributed by atoms with Gasteiger partial charge in [-0.15, -0.1) is 11.8 Å². The molecule has 0 saturated carbocycles. The van der Waals surface area contributed by atoms with Crippen molar-refractivity contribution in [2.24, 2.45) is 5.73 Å². The van der Waals surface area contributed by atoms with E-state index in [4.69, 9.17) is 5.73 Å². The molecule has 0 aliphatic heterocycles. The molecule has 2 amide bonds. The van der Waals surface area contributed by atoms with Crippen molar-refractivity contribution in [3.8, 4) is 0 Å². The molecule has 0 aliphatic carbocycles. The van der Waals surface area contributed by atoms with E-state index in [-0.39, 0.29) is 0 Å². The zero-order chi connectivity index (χ0) is 9.84. The summed E-state index contributed by atoms with van der Waals surface area (Å²) in [6.45, 7) is 0. The van der Waals surface area contributed by atoms with Gasteiger partial charge in [-0.05, 0) is 30.5 Å². The molecule has 1 aromatic rings. The Labute approximate surface area is 81.9 Å². The van der Waals surface area contributed by atoms with Gasteiger partial charge in [-0.2, -0.15) is 0 Å². The Morgan fingerprint density at radius 3 is 2.31 bits per heavy atom. The van der Waals surface area contributed by atoms with Crippen molar-refractivity contribution in [1.82, 2.24) is 0 Å². The SMILES string of the molecule is CSc1ccc(N(C)C(N)=O)cc1. The molecular formula is C9H12N2OS. The zero-order valence-corrected chi connectivity index (χ0v) is 8.47. The van der Waals surface area contributed by atoms with Gasteiger partial charge in [0.2, 0.25) is 0 Å². The number of nitrogens with zero attached hydrogens (tertiary/aromatic N) is 1. The van der Waals surface area contributed by atoms with Crippen LogP contribution in [-0.2, 0) is 0 Å².